The van der Waals surface area contributed by atoms with Crippen LogP contribution in [0.5, 0.6) is 5.75 Å². The highest BCUT2D eigenvalue weighted by Crippen LogP contribution is 2.38. The summed E-state index contributed by atoms with van der Waals surface area (Å²) in [4.78, 5) is 2.51. The van der Waals surface area contributed by atoms with Gasteiger partial charge in [0.25, 0.3) is 0 Å². The number of para-hydroxylation sites is 1. The smallest absolute Gasteiger partial charge is 0.127 e. The van der Waals surface area contributed by atoms with Crippen LogP contribution in [0.15, 0.2) is 18.2 Å². The molecule has 0 bridgehead atoms. The first-order chi connectivity index (χ1) is 9.44. The van der Waals surface area contributed by atoms with E-state index in [9.17, 15) is 0 Å². The zero-order valence-corrected chi connectivity index (χ0v) is 14.1. The normalized spacial score (nSPS) is 27.6. The van der Waals surface area contributed by atoms with Gasteiger partial charge >= 0.3 is 0 Å². The van der Waals surface area contributed by atoms with Gasteiger partial charge in [-0.05, 0) is 38.3 Å². The fraction of sp³-hybridized carbons (Fsp3) is 0.647. The van der Waals surface area contributed by atoms with Crippen LogP contribution in [0.4, 0.5) is 0 Å². The van der Waals surface area contributed by atoms with E-state index in [1.54, 1.807) is 0 Å². The third-order valence-electron chi connectivity index (χ3n) is 4.62. The van der Waals surface area contributed by atoms with Crippen LogP contribution in [0.2, 0.25) is 0 Å². The SMILES string of the molecule is CC1CN(Cc2cccc3c2OC(C)(C)C3)CCC1N.Cl. The predicted octanol–water partition coefficient (Wildman–Crippen LogP) is 2.99. The van der Waals surface area contributed by atoms with Gasteiger partial charge in [0.05, 0.1) is 0 Å². The lowest BCUT2D eigenvalue weighted by Gasteiger charge is -2.35. The Labute approximate surface area is 134 Å². The second-order valence-electron chi connectivity index (χ2n) is 7.11. The Balaban J connectivity index is 0.00000161. The molecule has 2 aliphatic rings. The van der Waals surface area contributed by atoms with E-state index >= 15 is 0 Å². The van der Waals surface area contributed by atoms with E-state index in [-0.39, 0.29) is 18.0 Å². The van der Waals surface area contributed by atoms with Crippen LogP contribution in [-0.4, -0.2) is 29.6 Å². The van der Waals surface area contributed by atoms with Crippen molar-refractivity contribution in [1.82, 2.24) is 4.90 Å². The molecule has 0 amide bonds. The van der Waals surface area contributed by atoms with Gasteiger partial charge in [-0.2, -0.15) is 0 Å². The molecule has 2 unspecified atom stereocenters. The molecule has 2 N–H and O–H groups in total. The summed E-state index contributed by atoms with van der Waals surface area (Å²) in [6.07, 6.45) is 2.11. The first-order valence-corrected chi connectivity index (χ1v) is 7.72. The Hall–Kier alpha value is -0.770. The highest BCUT2D eigenvalue weighted by molar-refractivity contribution is 5.85. The summed E-state index contributed by atoms with van der Waals surface area (Å²) in [6, 6.07) is 6.93. The molecule has 0 aliphatic carbocycles. The standard InChI is InChI=1S/C17H26N2O.ClH/c1-12-10-19(8-7-15(12)18)11-14-6-4-5-13-9-17(2,3)20-16(13)14;/h4-6,12,15H,7-11,18H2,1-3H3;1H. The molecule has 2 heterocycles. The number of hydrogen-bond acceptors (Lipinski definition) is 3. The molecule has 1 saturated heterocycles. The molecule has 3 rings (SSSR count). The maximum absolute atomic E-state index is 6.16. The molecule has 0 radical (unpaired) electrons. The average Bonchev–Trinajstić information content (AvgIpc) is 2.69. The molecule has 1 aromatic carbocycles. The molecular weight excluding hydrogens is 284 g/mol. The number of rotatable bonds is 2. The number of fused-ring (bicyclic) bond motifs is 1. The van der Waals surface area contributed by atoms with E-state index in [0.717, 1.165) is 38.2 Å². The first kappa shape index (κ1) is 16.6. The summed E-state index contributed by atoms with van der Waals surface area (Å²) in [7, 11) is 0. The maximum atomic E-state index is 6.16. The highest BCUT2D eigenvalue weighted by Gasteiger charge is 2.32. The molecular formula is C17H27ClN2O. The van der Waals surface area contributed by atoms with Crippen molar-refractivity contribution in [1.29, 1.82) is 0 Å². The number of nitrogens with zero attached hydrogens (tertiary/aromatic N) is 1. The Morgan fingerprint density at radius 3 is 2.86 bits per heavy atom. The third kappa shape index (κ3) is 3.53. The molecule has 2 atom stereocenters. The lowest BCUT2D eigenvalue weighted by Crippen LogP contribution is -2.45. The Kier molecular flexibility index (Phi) is 4.86. The van der Waals surface area contributed by atoms with E-state index in [1.165, 1.54) is 11.1 Å². The molecule has 2 aliphatic heterocycles. The minimum absolute atomic E-state index is 0. The van der Waals surface area contributed by atoms with Crippen molar-refractivity contribution in [3.63, 3.8) is 0 Å². The molecule has 1 fully saturated rings. The van der Waals surface area contributed by atoms with Crippen molar-refractivity contribution in [2.75, 3.05) is 13.1 Å². The minimum Gasteiger partial charge on any atom is -0.487 e. The molecule has 118 valence electrons. The van der Waals surface area contributed by atoms with Crippen LogP contribution in [0.25, 0.3) is 0 Å². The van der Waals surface area contributed by atoms with E-state index in [4.69, 9.17) is 10.5 Å². The van der Waals surface area contributed by atoms with Crippen LogP contribution in [0.1, 0.15) is 38.3 Å². The van der Waals surface area contributed by atoms with Gasteiger partial charge in [0.15, 0.2) is 0 Å². The van der Waals surface area contributed by atoms with E-state index in [0.29, 0.717) is 12.0 Å². The number of likely N-dealkylation sites (tertiary alicyclic amines) is 1. The van der Waals surface area contributed by atoms with Gasteiger partial charge in [-0.25, -0.2) is 0 Å². The van der Waals surface area contributed by atoms with E-state index < -0.39 is 0 Å². The van der Waals surface area contributed by atoms with Crippen LogP contribution >= 0.6 is 12.4 Å². The van der Waals surface area contributed by atoms with Crippen molar-refractivity contribution in [3.8, 4) is 5.75 Å². The number of ether oxygens (including phenoxy) is 1. The monoisotopic (exact) mass is 310 g/mol. The van der Waals surface area contributed by atoms with Gasteiger partial charge in [0.2, 0.25) is 0 Å². The summed E-state index contributed by atoms with van der Waals surface area (Å²) >= 11 is 0. The summed E-state index contributed by atoms with van der Waals surface area (Å²) in [5.41, 5.74) is 8.73. The summed E-state index contributed by atoms with van der Waals surface area (Å²) < 4.78 is 6.16. The lowest BCUT2D eigenvalue weighted by molar-refractivity contribution is 0.130. The Bertz CT molecular complexity index is 504. The van der Waals surface area contributed by atoms with Crippen LogP contribution in [-0.2, 0) is 13.0 Å². The predicted molar refractivity (Wildman–Crippen MR) is 89.1 cm³/mol. The van der Waals surface area contributed by atoms with Crippen LogP contribution in [0, 0.1) is 5.92 Å². The zero-order chi connectivity index (χ0) is 14.3. The van der Waals surface area contributed by atoms with Gasteiger partial charge in [-0.15, -0.1) is 12.4 Å². The van der Waals surface area contributed by atoms with Crippen LogP contribution in [0.3, 0.4) is 0 Å². The molecule has 0 aromatic heterocycles. The molecule has 21 heavy (non-hydrogen) atoms. The van der Waals surface area contributed by atoms with Crippen molar-refractivity contribution in [3.05, 3.63) is 29.3 Å². The second kappa shape index (κ2) is 6.15. The van der Waals surface area contributed by atoms with Crippen molar-refractivity contribution >= 4 is 12.4 Å². The fourth-order valence-electron chi connectivity index (χ4n) is 3.44. The van der Waals surface area contributed by atoms with Crippen molar-refractivity contribution in [2.45, 2.75) is 51.8 Å². The van der Waals surface area contributed by atoms with E-state index in [1.807, 2.05) is 0 Å². The van der Waals surface area contributed by atoms with Crippen LogP contribution < -0.4 is 10.5 Å². The first-order valence-electron chi connectivity index (χ1n) is 7.72. The largest absolute Gasteiger partial charge is 0.487 e. The highest BCUT2D eigenvalue weighted by atomic mass is 35.5. The second-order valence-corrected chi connectivity index (χ2v) is 7.11. The summed E-state index contributed by atoms with van der Waals surface area (Å²) in [5.74, 6) is 1.71. The van der Waals surface area contributed by atoms with Gasteiger partial charge in [0.1, 0.15) is 11.4 Å². The van der Waals surface area contributed by atoms with Gasteiger partial charge in [-0.3, -0.25) is 4.90 Å². The fourth-order valence-corrected chi connectivity index (χ4v) is 3.44. The molecule has 0 spiro atoms. The molecule has 4 heteroatoms. The van der Waals surface area contributed by atoms with Crippen molar-refractivity contribution < 1.29 is 4.74 Å². The topological polar surface area (TPSA) is 38.5 Å². The number of piperidine rings is 1. The Morgan fingerprint density at radius 1 is 1.38 bits per heavy atom. The van der Waals surface area contributed by atoms with Crippen molar-refractivity contribution in [2.24, 2.45) is 11.7 Å². The number of hydrogen-bond donors (Lipinski definition) is 1. The number of benzene rings is 1. The summed E-state index contributed by atoms with van der Waals surface area (Å²) in [5, 5.41) is 0. The van der Waals surface area contributed by atoms with Gasteiger partial charge in [0, 0.05) is 31.1 Å². The minimum atomic E-state index is -0.0595. The summed E-state index contributed by atoms with van der Waals surface area (Å²) in [6.45, 7) is 9.76. The maximum Gasteiger partial charge on any atom is 0.127 e. The molecule has 0 saturated carbocycles. The van der Waals surface area contributed by atoms with E-state index in [2.05, 4.69) is 43.9 Å². The number of halogens is 1. The molecule has 1 aromatic rings. The number of nitrogens with two attached hydrogens (primary N) is 1. The Morgan fingerprint density at radius 2 is 2.14 bits per heavy atom. The average molecular weight is 311 g/mol. The van der Waals surface area contributed by atoms with Gasteiger partial charge < -0.3 is 10.5 Å². The molecule has 3 nitrogen and oxygen atoms in total. The lowest BCUT2D eigenvalue weighted by atomic mass is 9.94. The third-order valence-corrected chi connectivity index (χ3v) is 4.62. The quantitative estimate of drug-likeness (QED) is 0.912. The zero-order valence-electron chi connectivity index (χ0n) is 13.3. The van der Waals surface area contributed by atoms with Gasteiger partial charge in [-0.1, -0.05) is 25.1 Å².